The van der Waals surface area contributed by atoms with Gasteiger partial charge in [0.05, 0.1) is 18.7 Å². The van der Waals surface area contributed by atoms with E-state index in [1.165, 1.54) is 0 Å². The lowest BCUT2D eigenvalue weighted by Gasteiger charge is -2.20. The molecule has 1 rings (SSSR count). The summed E-state index contributed by atoms with van der Waals surface area (Å²) in [5.41, 5.74) is 6.69. The van der Waals surface area contributed by atoms with Crippen molar-refractivity contribution in [3.8, 4) is 0 Å². The van der Waals surface area contributed by atoms with E-state index in [4.69, 9.17) is 5.73 Å². The highest BCUT2D eigenvalue weighted by Gasteiger charge is 2.19. The van der Waals surface area contributed by atoms with Gasteiger partial charge in [0.15, 0.2) is 0 Å². The van der Waals surface area contributed by atoms with Crippen LogP contribution in [0, 0.1) is 5.92 Å². The molecular formula is C14H22N2O2. The van der Waals surface area contributed by atoms with Crippen molar-refractivity contribution in [3.05, 3.63) is 35.9 Å². The SMILES string of the molecule is CC(C)CC(N)C(=O)N[C@H](CO)c1ccccc1. The minimum Gasteiger partial charge on any atom is -0.394 e. The summed E-state index contributed by atoms with van der Waals surface area (Å²) in [6.07, 6.45) is 0.638. The van der Waals surface area contributed by atoms with Gasteiger partial charge in [0, 0.05) is 0 Å². The number of hydrogen-bond donors (Lipinski definition) is 3. The third-order valence-electron chi connectivity index (χ3n) is 2.76. The quantitative estimate of drug-likeness (QED) is 0.710. The number of aliphatic hydroxyl groups excluding tert-OH is 1. The van der Waals surface area contributed by atoms with Gasteiger partial charge in [-0.1, -0.05) is 44.2 Å². The summed E-state index contributed by atoms with van der Waals surface area (Å²) in [7, 11) is 0. The maximum atomic E-state index is 11.9. The molecule has 0 radical (unpaired) electrons. The second-order valence-corrected chi connectivity index (χ2v) is 4.89. The lowest BCUT2D eigenvalue weighted by Crippen LogP contribution is -2.43. The fourth-order valence-corrected chi connectivity index (χ4v) is 1.81. The van der Waals surface area contributed by atoms with E-state index in [1.54, 1.807) is 0 Å². The zero-order chi connectivity index (χ0) is 13.5. The molecule has 18 heavy (non-hydrogen) atoms. The zero-order valence-corrected chi connectivity index (χ0v) is 11.0. The van der Waals surface area contributed by atoms with E-state index < -0.39 is 12.1 Å². The second kappa shape index (κ2) is 7.13. The summed E-state index contributed by atoms with van der Waals surface area (Å²) >= 11 is 0. The van der Waals surface area contributed by atoms with Crippen molar-refractivity contribution >= 4 is 5.91 Å². The van der Waals surface area contributed by atoms with Crippen molar-refractivity contribution in [1.82, 2.24) is 5.32 Å². The van der Waals surface area contributed by atoms with Crippen LogP contribution in [-0.4, -0.2) is 23.7 Å². The van der Waals surface area contributed by atoms with Crippen LogP contribution in [0.2, 0.25) is 0 Å². The average Bonchev–Trinajstić information content (AvgIpc) is 2.35. The molecule has 1 aromatic carbocycles. The van der Waals surface area contributed by atoms with Gasteiger partial charge in [-0.25, -0.2) is 0 Å². The largest absolute Gasteiger partial charge is 0.394 e. The van der Waals surface area contributed by atoms with E-state index in [-0.39, 0.29) is 12.5 Å². The Hall–Kier alpha value is -1.39. The molecule has 0 aliphatic carbocycles. The third kappa shape index (κ3) is 4.47. The van der Waals surface area contributed by atoms with Gasteiger partial charge >= 0.3 is 0 Å². The Bertz CT molecular complexity index is 365. The van der Waals surface area contributed by atoms with Crippen molar-refractivity contribution in [2.24, 2.45) is 11.7 Å². The van der Waals surface area contributed by atoms with Gasteiger partial charge in [0.2, 0.25) is 5.91 Å². The summed E-state index contributed by atoms with van der Waals surface area (Å²) in [5.74, 6) is 0.154. The summed E-state index contributed by atoms with van der Waals surface area (Å²) in [5, 5.41) is 12.1. The number of hydrogen-bond acceptors (Lipinski definition) is 3. The number of aliphatic hydroxyl groups is 1. The first-order valence-electron chi connectivity index (χ1n) is 6.26. The second-order valence-electron chi connectivity index (χ2n) is 4.89. The fourth-order valence-electron chi connectivity index (χ4n) is 1.81. The number of amides is 1. The molecule has 0 saturated carbocycles. The van der Waals surface area contributed by atoms with Crippen LogP contribution in [0.4, 0.5) is 0 Å². The van der Waals surface area contributed by atoms with Gasteiger partial charge in [0.25, 0.3) is 0 Å². The standard InChI is InChI=1S/C14H22N2O2/c1-10(2)8-12(15)14(18)16-13(9-17)11-6-4-3-5-7-11/h3-7,10,12-13,17H,8-9,15H2,1-2H3,(H,16,18)/t12?,13-/m1/s1. The van der Waals surface area contributed by atoms with E-state index in [0.29, 0.717) is 12.3 Å². The highest BCUT2D eigenvalue weighted by molar-refractivity contribution is 5.81. The third-order valence-corrected chi connectivity index (χ3v) is 2.76. The maximum Gasteiger partial charge on any atom is 0.237 e. The van der Waals surface area contributed by atoms with E-state index in [2.05, 4.69) is 5.32 Å². The maximum absolute atomic E-state index is 11.9. The number of carbonyl (C=O) groups excluding carboxylic acids is 1. The van der Waals surface area contributed by atoms with Crippen molar-refractivity contribution in [2.75, 3.05) is 6.61 Å². The van der Waals surface area contributed by atoms with Crippen LogP contribution >= 0.6 is 0 Å². The first-order chi connectivity index (χ1) is 8.54. The normalized spacial score (nSPS) is 14.3. The lowest BCUT2D eigenvalue weighted by atomic mass is 10.0. The first kappa shape index (κ1) is 14.7. The summed E-state index contributed by atoms with van der Waals surface area (Å²) in [6.45, 7) is 3.91. The van der Waals surface area contributed by atoms with E-state index in [0.717, 1.165) is 5.56 Å². The molecule has 0 aliphatic heterocycles. The van der Waals surface area contributed by atoms with Crippen molar-refractivity contribution in [1.29, 1.82) is 0 Å². The minimum atomic E-state index is -0.525. The van der Waals surface area contributed by atoms with Gasteiger partial charge < -0.3 is 16.2 Å². The lowest BCUT2D eigenvalue weighted by molar-refractivity contribution is -0.123. The predicted molar refractivity (Wildman–Crippen MR) is 71.8 cm³/mol. The van der Waals surface area contributed by atoms with E-state index >= 15 is 0 Å². The molecule has 4 heteroatoms. The molecule has 1 aromatic rings. The average molecular weight is 250 g/mol. The molecule has 2 atom stereocenters. The van der Waals surface area contributed by atoms with Crippen LogP contribution in [0.1, 0.15) is 31.9 Å². The van der Waals surface area contributed by atoms with Crippen LogP contribution in [0.3, 0.4) is 0 Å². The molecular weight excluding hydrogens is 228 g/mol. The molecule has 4 N–H and O–H groups in total. The minimum absolute atomic E-state index is 0.135. The van der Waals surface area contributed by atoms with Crippen LogP contribution < -0.4 is 11.1 Å². The molecule has 1 amide bonds. The molecule has 0 aliphatic rings. The Morgan fingerprint density at radius 2 is 1.94 bits per heavy atom. The Balaban J connectivity index is 2.61. The van der Waals surface area contributed by atoms with Gasteiger partial charge in [0.1, 0.15) is 0 Å². The Labute approximate surface area is 108 Å². The molecule has 0 fully saturated rings. The van der Waals surface area contributed by atoms with Gasteiger partial charge in [-0.3, -0.25) is 4.79 Å². The van der Waals surface area contributed by atoms with E-state index in [1.807, 2.05) is 44.2 Å². The Morgan fingerprint density at radius 3 is 2.44 bits per heavy atom. The summed E-state index contributed by atoms with van der Waals surface area (Å²) < 4.78 is 0. The molecule has 4 nitrogen and oxygen atoms in total. The van der Waals surface area contributed by atoms with Crippen LogP contribution in [0.15, 0.2) is 30.3 Å². The summed E-state index contributed by atoms with van der Waals surface area (Å²) in [4.78, 5) is 11.9. The van der Waals surface area contributed by atoms with Crippen LogP contribution in [0.5, 0.6) is 0 Å². The molecule has 0 spiro atoms. The van der Waals surface area contributed by atoms with Crippen LogP contribution in [0.25, 0.3) is 0 Å². The number of rotatable bonds is 6. The highest BCUT2D eigenvalue weighted by atomic mass is 16.3. The number of nitrogens with one attached hydrogen (secondary N) is 1. The molecule has 0 heterocycles. The number of carbonyl (C=O) groups is 1. The number of nitrogens with two attached hydrogens (primary N) is 1. The smallest absolute Gasteiger partial charge is 0.237 e. The van der Waals surface area contributed by atoms with E-state index in [9.17, 15) is 9.90 Å². The van der Waals surface area contributed by atoms with Gasteiger partial charge in [-0.2, -0.15) is 0 Å². The Kier molecular flexibility index (Phi) is 5.82. The fraction of sp³-hybridized carbons (Fsp3) is 0.500. The van der Waals surface area contributed by atoms with Crippen molar-refractivity contribution in [2.45, 2.75) is 32.4 Å². The van der Waals surface area contributed by atoms with Crippen LogP contribution in [-0.2, 0) is 4.79 Å². The Morgan fingerprint density at radius 1 is 1.33 bits per heavy atom. The summed E-state index contributed by atoms with van der Waals surface area (Å²) in [6, 6.07) is 8.46. The van der Waals surface area contributed by atoms with Gasteiger partial charge in [-0.15, -0.1) is 0 Å². The zero-order valence-electron chi connectivity index (χ0n) is 11.0. The molecule has 1 unspecified atom stereocenters. The molecule has 0 saturated heterocycles. The monoisotopic (exact) mass is 250 g/mol. The molecule has 0 bridgehead atoms. The first-order valence-corrected chi connectivity index (χ1v) is 6.26. The predicted octanol–water partition coefficient (Wildman–Crippen LogP) is 1.21. The molecule has 100 valence electrons. The van der Waals surface area contributed by atoms with Crippen molar-refractivity contribution < 1.29 is 9.90 Å². The van der Waals surface area contributed by atoms with Crippen molar-refractivity contribution in [3.63, 3.8) is 0 Å². The highest BCUT2D eigenvalue weighted by Crippen LogP contribution is 2.12. The molecule has 0 aromatic heterocycles. The topological polar surface area (TPSA) is 75.4 Å². The van der Waals surface area contributed by atoms with Gasteiger partial charge in [-0.05, 0) is 17.9 Å². The number of benzene rings is 1.